The molecule has 28 heavy (non-hydrogen) atoms. The van der Waals surface area contributed by atoms with Gasteiger partial charge in [0.05, 0.1) is 6.04 Å². The number of hydrogen-bond acceptors (Lipinski definition) is 3. The zero-order chi connectivity index (χ0) is 19.7. The van der Waals surface area contributed by atoms with Crippen molar-refractivity contribution in [2.45, 2.75) is 31.7 Å². The lowest BCUT2D eigenvalue weighted by Gasteiger charge is -2.47. The molecule has 0 aliphatic carbocycles. The number of carbonyl (C=O) groups excluding carboxylic acids is 1. The number of aromatic nitrogens is 1. The largest absolute Gasteiger partial charge is 0.350 e. The average molecular weight is 400 g/mol. The minimum Gasteiger partial charge on any atom is -0.350 e. The standard InChI is InChI=1S/C22H26ClN3O2/c1-2-10-25-13-16-11-17(14-25)20(26-19(16)4-3-5-21(26)27)12-24-22(28)15-6-8-18(23)9-7-15/h3-9,16-17,20H,2,10-14H2,1H3,(H,24,28)/t16-,17+,20+/m1/s1. The van der Waals surface area contributed by atoms with Gasteiger partial charge in [-0.1, -0.05) is 24.6 Å². The Kier molecular flexibility index (Phi) is 5.56. The van der Waals surface area contributed by atoms with Crippen molar-refractivity contribution in [1.29, 1.82) is 0 Å². The third-order valence-electron chi connectivity index (χ3n) is 5.99. The maximum absolute atomic E-state index is 12.7. The summed E-state index contributed by atoms with van der Waals surface area (Å²) in [6, 6.07) is 12.4. The highest BCUT2D eigenvalue weighted by molar-refractivity contribution is 6.30. The van der Waals surface area contributed by atoms with Crippen molar-refractivity contribution in [3.8, 4) is 0 Å². The number of piperidine rings is 1. The molecule has 1 fully saturated rings. The van der Waals surface area contributed by atoms with E-state index < -0.39 is 0 Å². The zero-order valence-electron chi connectivity index (χ0n) is 16.1. The number of pyridine rings is 1. The summed E-state index contributed by atoms with van der Waals surface area (Å²) in [5, 5.41) is 3.65. The van der Waals surface area contributed by atoms with Gasteiger partial charge < -0.3 is 14.8 Å². The molecule has 1 aromatic heterocycles. The van der Waals surface area contributed by atoms with Gasteiger partial charge in [-0.2, -0.15) is 0 Å². The SMILES string of the molecule is CCCN1C[C@H]2C[C@@H](C1)[C@H](CNC(=O)c1ccc(Cl)cc1)n1c2cccc1=O. The third kappa shape index (κ3) is 3.74. The average Bonchev–Trinajstić information content (AvgIpc) is 2.69. The van der Waals surface area contributed by atoms with Crippen LogP contribution in [0.15, 0.2) is 47.3 Å². The second-order valence-corrected chi connectivity index (χ2v) is 8.33. The van der Waals surface area contributed by atoms with Crippen molar-refractivity contribution in [1.82, 2.24) is 14.8 Å². The Morgan fingerprint density at radius 3 is 2.71 bits per heavy atom. The first-order chi connectivity index (χ1) is 13.6. The van der Waals surface area contributed by atoms with Crippen LogP contribution in [0.2, 0.25) is 5.02 Å². The van der Waals surface area contributed by atoms with E-state index in [9.17, 15) is 9.59 Å². The fourth-order valence-electron chi connectivity index (χ4n) is 4.80. The minimum atomic E-state index is -0.134. The van der Waals surface area contributed by atoms with Gasteiger partial charge in [-0.15, -0.1) is 0 Å². The Hall–Kier alpha value is -2.11. The molecule has 0 saturated carbocycles. The summed E-state index contributed by atoms with van der Waals surface area (Å²) in [6.07, 6.45) is 2.20. The highest BCUT2D eigenvalue weighted by atomic mass is 35.5. The van der Waals surface area contributed by atoms with Crippen molar-refractivity contribution >= 4 is 17.5 Å². The van der Waals surface area contributed by atoms with E-state index in [4.69, 9.17) is 11.6 Å². The monoisotopic (exact) mass is 399 g/mol. The Morgan fingerprint density at radius 1 is 1.18 bits per heavy atom. The molecule has 1 amide bonds. The van der Waals surface area contributed by atoms with Crippen molar-refractivity contribution in [3.63, 3.8) is 0 Å². The van der Waals surface area contributed by atoms with E-state index >= 15 is 0 Å². The van der Waals surface area contributed by atoms with Crippen LogP contribution in [-0.4, -0.2) is 41.6 Å². The zero-order valence-corrected chi connectivity index (χ0v) is 16.9. The molecule has 3 heterocycles. The lowest BCUT2D eigenvalue weighted by molar-refractivity contribution is 0.0820. The molecule has 0 unspecified atom stereocenters. The van der Waals surface area contributed by atoms with Crippen LogP contribution in [0.5, 0.6) is 0 Å². The number of amides is 1. The van der Waals surface area contributed by atoms with Gasteiger partial charge in [-0.05, 0) is 55.6 Å². The van der Waals surface area contributed by atoms with Gasteiger partial charge in [0.15, 0.2) is 0 Å². The van der Waals surface area contributed by atoms with Crippen LogP contribution < -0.4 is 10.9 Å². The molecule has 5 nitrogen and oxygen atoms in total. The number of fused-ring (bicyclic) bond motifs is 4. The molecular formula is C22H26ClN3O2. The smallest absolute Gasteiger partial charge is 0.251 e. The molecule has 2 bridgehead atoms. The first-order valence-corrected chi connectivity index (χ1v) is 10.4. The highest BCUT2D eigenvalue weighted by Crippen LogP contribution is 2.40. The van der Waals surface area contributed by atoms with Gasteiger partial charge in [0, 0.05) is 47.9 Å². The maximum atomic E-state index is 12.7. The number of hydrogen-bond donors (Lipinski definition) is 1. The fraction of sp³-hybridized carbons (Fsp3) is 0.455. The van der Waals surface area contributed by atoms with E-state index in [-0.39, 0.29) is 17.5 Å². The number of carbonyl (C=O) groups is 1. The Labute approximate surface area is 170 Å². The highest BCUT2D eigenvalue weighted by Gasteiger charge is 2.40. The molecule has 2 aromatic rings. The van der Waals surface area contributed by atoms with Crippen LogP contribution in [0.4, 0.5) is 0 Å². The van der Waals surface area contributed by atoms with Crippen LogP contribution >= 0.6 is 11.6 Å². The Bertz CT molecular complexity index is 909. The van der Waals surface area contributed by atoms with Crippen molar-refractivity contribution in [2.75, 3.05) is 26.2 Å². The topological polar surface area (TPSA) is 54.3 Å². The van der Waals surface area contributed by atoms with Crippen LogP contribution in [-0.2, 0) is 0 Å². The molecule has 2 aliphatic heterocycles. The summed E-state index contributed by atoms with van der Waals surface area (Å²) < 4.78 is 1.93. The van der Waals surface area contributed by atoms with E-state index in [1.165, 1.54) is 0 Å². The Morgan fingerprint density at radius 2 is 1.96 bits per heavy atom. The van der Waals surface area contributed by atoms with Crippen molar-refractivity contribution in [2.24, 2.45) is 5.92 Å². The van der Waals surface area contributed by atoms with Gasteiger partial charge in [-0.25, -0.2) is 0 Å². The number of benzene rings is 1. The third-order valence-corrected chi connectivity index (χ3v) is 6.24. The van der Waals surface area contributed by atoms with E-state index in [1.807, 2.05) is 10.6 Å². The molecule has 1 saturated heterocycles. The van der Waals surface area contributed by atoms with Gasteiger partial charge in [0.2, 0.25) is 0 Å². The predicted molar refractivity (Wildman–Crippen MR) is 111 cm³/mol. The molecule has 1 N–H and O–H groups in total. The molecule has 3 atom stereocenters. The normalized spacial score (nSPS) is 23.9. The maximum Gasteiger partial charge on any atom is 0.251 e. The lowest BCUT2D eigenvalue weighted by Crippen LogP contribution is -2.52. The molecule has 0 radical (unpaired) electrons. The second kappa shape index (κ2) is 8.10. The summed E-state index contributed by atoms with van der Waals surface area (Å²) in [7, 11) is 0. The van der Waals surface area contributed by atoms with Crippen LogP contribution in [0.25, 0.3) is 0 Å². The summed E-state index contributed by atoms with van der Waals surface area (Å²) in [5.41, 5.74) is 1.71. The summed E-state index contributed by atoms with van der Waals surface area (Å²) in [5.74, 6) is 0.622. The van der Waals surface area contributed by atoms with Gasteiger partial charge >= 0.3 is 0 Å². The van der Waals surface area contributed by atoms with E-state index in [1.54, 1.807) is 30.3 Å². The lowest BCUT2D eigenvalue weighted by atomic mass is 9.78. The molecular weight excluding hydrogens is 374 g/mol. The molecule has 0 spiro atoms. The molecule has 1 aromatic carbocycles. The van der Waals surface area contributed by atoms with Crippen LogP contribution in [0.1, 0.15) is 47.8 Å². The Balaban J connectivity index is 1.58. The number of nitrogens with one attached hydrogen (secondary N) is 1. The number of nitrogens with zero attached hydrogens (tertiary/aromatic N) is 2. The van der Waals surface area contributed by atoms with Gasteiger partial charge in [0.1, 0.15) is 0 Å². The summed E-state index contributed by atoms with van der Waals surface area (Å²) in [4.78, 5) is 27.8. The summed E-state index contributed by atoms with van der Waals surface area (Å²) >= 11 is 5.91. The van der Waals surface area contributed by atoms with Crippen molar-refractivity contribution in [3.05, 3.63) is 69.1 Å². The molecule has 6 heteroatoms. The molecule has 2 aliphatic rings. The molecule has 4 rings (SSSR count). The quantitative estimate of drug-likeness (QED) is 0.839. The van der Waals surface area contributed by atoms with Crippen molar-refractivity contribution < 1.29 is 4.79 Å². The second-order valence-electron chi connectivity index (χ2n) is 7.90. The first-order valence-electron chi connectivity index (χ1n) is 10.0. The number of likely N-dealkylation sites (tertiary alicyclic amines) is 1. The fourth-order valence-corrected chi connectivity index (χ4v) is 4.92. The molecule has 148 valence electrons. The van der Waals surface area contributed by atoms with Gasteiger partial charge in [0.25, 0.3) is 11.5 Å². The van der Waals surface area contributed by atoms with E-state index in [2.05, 4.69) is 23.2 Å². The van der Waals surface area contributed by atoms with Crippen LogP contribution in [0, 0.1) is 5.92 Å². The van der Waals surface area contributed by atoms with Gasteiger partial charge in [-0.3, -0.25) is 9.59 Å². The minimum absolute atomic E-state index is 0.0177. The van der Waals surface area contributed by atoms with E-state index in [0.717, 1.165) is 38.2 Å². The van der Waals surface area contributed by atoms with Crippen LogP contribution in [0.3, 0.4) is 0 Å². The first kappa shape index (κ1) is 19.2. The predicted octanol–water partition coefficient (Wildman–Crippen LogP) is 3.30. The number of halogens is 1. The summed E-state index contributed by atoms with van der Waals surface area (Å²) in [6.45, 7) is 5.72. The van der Waals surface area contributed by atoms with E-state index in [0.29, 0.717) is 29.0 Å². The number of rotatable bonds is 5.